The smallest absolute Gasteiger partial charge is 0.353 e. The summed E-state index contributed by atoms with van der Waals surface area (Å²) in [5.41, 5.74) is 0.702. The highest BCUT2D eigenvalue weighted by Gasteiger charge is 2.54. The third-order valence-electron chi connectivity index (χ3n) is 6.15. The van der Waals surface area contributed by atoms with Crippen molar-refractivity contribution in [1.29, 1.82) is 0 Å². The number of hydrogen-bond acceptors (Lipinski definition) is 7. The molecule has 4 N–H and O–H groups in total. The molecule has 0 saturated carbocycles. The van der Waals surface area contributed by atoms with Gasteiger partial charge in [0.2, 0.25) is 5.91 Å². The number of nitrogens with zero attached hydrogens (tertiary/aromatic N) is 1. The lowest BCUT2D eigenvalue weighted by Crippen LogP contribution is -2.70. The third-order valence-corrected chi connectivity index (χ3v) is 7.45. The number of thioether (sulfide) groups is 1. The number of aliphatic carboxylic acids is 2. The molecule has 1 unspecified atom stereocenters. The molecule has 1 aromatic carbocycles. The summed E-state index contributed by atoms with van der Waals surface area (Å²) in [6.45, 7) is 6.00. The summed E-state index contributed by atoms with van der Waals surface area (Å²) < 4.78 is 0. The molecule has 1 saturated heterocycles. The molecule has 11 nitrogen and oxygen atoms in total. The highest BCUT2D eigenvalue weighted by Crippen LogP contribution is 2.39. The Bertz CT molecular complexity index is 1170. The number of carbonyl (C=O) groups is 6. The van der Waals surface area contributed by atoms with E-state index in [2.05, 4.69) is 10.6 Å². The Morgan fingerprint density at radius 2 is 1.92 bits per heavy atom. The predicted molar refractivity (Wildman–Crippen MR) is 134 cm³/mol. The minimum Gasteiger partial charge on any atom is -0.480 e. The van der Waals surface area contributed by atoms with Crippen LogP contribution in [0.3, 0.4) is 0 Å². The molecule has 0 aliphatic carbocycles. The average Bonchev–Trinajstić information content (AvgIpc) is 2.84. The molecule has 0 radical (unpaired) electrons. The maximum atomic E-state index is 12.7. The normalized spacial score (nSPS) is 19.9. The summed E-state index contributed by atoms with van der Waals surface area (Å²) in [6, 6.07) is 4.79. The Kier molecular flexibility index (Phi) is 8.42. The molecule has 3 atom stereocenters. The van der Waals surface area contributed by atoms with Crippen molar-refractivity contribution in [3.63, 3.8) is 0 Å². The van der Waals surface area contributed by atoms with E-state index < -0.39 is 47.1 Å². The number of fused-ring (bicyclic) bond motifs is 1. The number of benzene rings is 1. The molecule has 0 spiro atoms. The van der Waals surface area contributed by atoms with Crippen molar-refractivity contribution >= 4 is 47.7 Å². The van der Waals surface area contributed by atoms with Crippen LogP contribution in [0.4, 0.5) is 0 Å². The van der Waals surface area contributed by atoms with E-state index in [4.69, 9.17) is 0 Å². The Balaban J connectivity index is 1.53. The number of aldehydes is 1. The van der Waals surface area contributed by atoms with E-state index in [0.29, 0.717) is 11.8 Å². The van der Waals surface area contributed by atoms with Gasteiger partial charge < -0.3 is 20.8 Å². The third kappa shape index (κ3) is 6.19. The Morgan fingerprint density at radius 3 is 2.51 bits per heavy atom. The van der Waals surface area contributed by atoms with Gasteiger partial charge in [0.25, 0.3) is 11.8 Å². The van der Waals surface area contributed by atoms with Gasteiger partial charge in [0.15, 0.2) is 0 Å². The lowest BCUT2D eigenvalue weighted by molar-refractivity contribution is -0.150. The van der Waals surface area contributed by atoms with Crippen molar-refractivity contribution in [2.45, 2.75) is 62.9 Å². The molecule has 3 amide bonds. The second kappa shape index (κ2) is 11.2. The van der Waals surface area contributed by atoms with Crippen molar-refractivity contribution < 1.29 is 39.0 Å². The van der Waals surface area contributed by atoms with Crippen LogP contribution in [0.25, 0.3) is 0 Å². The van der Waals surface area contributed by atoms with Crippen molar-refractivity contribution in [2.75, 3.05) is 5.75 Å². The zero-order valence-electron chi connectivity index (χ0n) is 20.6. The quantitative estimate of drug-likeness (QED) is 0.256. The Hall–Kier alpha value is -3.67. The lowest BCUT2D eigenvalue weighted by Gasteiger charge is -2.49. The first-order valence-electron chi connectivity index (χ1n) is 11.6. The van der Waals surface area contributed by atoms with E-state index in [0.717, 1.165) is 10.5 Å². The first-order valence-corrected chi connectivity index (χ1v) is 12.7. The molecule has 2 heterocycles. The zero-order valence-corrected chi connectivity index (χ0v) is 21.5. The van der Waals surface area contributed by atoms with Crippen molar-refractivity contribution in [3.05, 3.63) is 46.7 Å². The monoisotopic (exact) mass is 531 g/mol. The number of β-lactam (4-membered cyclic amide) rings is 1. The molecule has 1 aromatic rings. The molecular weight excluding hydrogens is 502 g/mol. The fraction of sp³-hybridized carbons (Fsp3) is 0.440. The van der Waals surface area contributed by atoms with E-state index in [9.17, 15) is 39.0 Å². The van der Waals surface area contributed by atoms with Crippen LogP contribution in [0.5, 0.6) is 0 Å². The molecule has 0 aromatic heterocycles. The topological polar surface area (TPSA) is 170 Å². The van der Waals surface area contributed by atoms with Gasteiger partial charge in [0, 0.05) is 23.3 Å². The van der Waals surface area contributed by atoms with Crippen LogP contribution in [-0.2, 0) is 29.4 Å². The van der Waals surface area contributed by atoms with Gasteiger partial charge in [-0.3, -0.25) is 24.1 Å². The van der Waals surface area contributed by atoms with Crippen LogP contribution in [0.1, 0.15) is 56.0 Å². The van der Waals surface area contributed by atoms with Gasteiger partial charge in [-0.25, -0.2) is 9.59 Å². The van der Waals surface area contributed by atoms with Crippen molar-refractivity contribution in [3.8, 4) is 0 Å². The van der Waals surface area contributed by atoms with E-state index in [1.807, 2.05) is 26.8 Å². The number of rotatable bonds is 10. The second-order valence-electron chi connectivity index (χ2n) is 9.84. The van der Waals surface area contributed by atoms with Gasteiger partial charge in [0.05, 0.1) is 0 Å². The number of amides is 3. The van der Waals surface area contributed by atoms with Crippen LogP contribution in [-0.4, -0.2) is 74.3 Å². The molecule has 12 heteroatoms. The summed E-state index contributed by atoms with van der Waals surface area (Å²) in [4.78, 5) is 72.9. The van der Waals surface area contributed by atoms with Gasteiger partial charge in [-0.05, 0) is 36.0 Å². The SMILES string of the molecule is CC(C)(C)c1cccc(C(=O)N[C@H](CCCC(=O)NC2C(=O)N3C(C(=O)O)=C(C=O)CS[C@H]23)C(=O)O)c1. The average molecular weight is 532 g/mol. The fourth-order valence-corrected chi connectivity index (χ4v) is 5.36. The highest BCUT2D eigenvalue weighted by atomic mass is 32.2. The predicted octanol–water partition coefficient (Wildman–Crippen LogP) is 1.27. The van der Waals surface area contributed by atoms with E-state index in [1.165, 1.54) is 11.8 Å². The summed E-state index contributed by atoms with van der Waals surface area (Å²) in [7, 11) is 0. The Labute approximate surface area is 217 Å². The molecule has 2 aliphatic rings. The molecular formula is C25H29N3O8S. The first-order chi connectivity index (χ1) is 17.3. The van der Waals surface area contributed by atoms with E-state index in [-0.39, 0.29) is 41.7 Å². The van der Waals surface area contributed by atoms with Gasteiger partial charge in [-0.2, -0.15) is 0 Å². The van der Waals surface area contributed by atoms with Gasteiger partial charge in [-0.1, -0.05) is 32.9 Å². The summed E-state index contributed by atoms with van der Waals surface area (Å²) in [6.07, 6.45) is 0.431. The number of carboxylic acid groups (broad SMARTS) is 2. The number of hydrogen-bond donors (Lipinski definition) is 4. The van der Waals surface area contributed by atoms with Crippen LogP contribution in [0.15, 0.2) is 35.5 Å². The van der Waals surface area contributed by atoms with Crippen LogP contribution in [0.2, 0.25) is 0 Å². The highest BCUT2D eigenvalue weighted by molar-refractivity contribution is 8.00. The summed E-state index contributed by atoms with van der Waals surface area (Å²) >= 11 is 1.17. The molecule has 3 rings (SSSR count). The summed E-state index contributed by atoms with van der Waals surface area (Å²) in [5.74, 6) is -4.19. The van der Waals surface area contributed by atoms with Crippen LogP contribution >= 0.6 is 11.8 Å². The fourth-order valence-electron chi connectivity index (χ4n) is 4.07. The molecule has 1 fully saturated rings. The van der Waals surface area contributed by atoms with E-state index >= 15 is 0 Å². The van der Waals surface area contributed by atoms with Crippen molar-refractivity contribution in [1.82, 2.24) is 15.5 Å². The lowest BCUT2D eigenvalue weighted by atomic mass is 9.86. The second-order valence-corrected chi connectivity index (χ2v) is 10.9. The van der Waals surface area contributed by atoms with Gasteiger partial charge in [-0.15, -0.1) is 11.8 Å². The summed E-state index contributed by atoms with van der Waals surface area (Å²) in [5, 5.41) is 23.3. The zero-order chi connectivity index (χ0) is 27.5. The minimum atomic E-state index is -1.39. The number of carbonyl (C=O) groups excluding carboxylic acids is 4. The number of nitrogens with one attached hydrogen (secondary N) is 2. The van der Waals surface area contributed by atoms with E-state index in [1.54, 1.807) is 18.2 Å². The number of carboxylic acids is 2. The maximum absolute atomic E-state index is 12.7. The van der Waals surface area contributed by atoms with Crippen LogP contribution in [0, 0.1) is 0 Å². The van der Waals surface area contributed by atoms with Crippen LogP contribution < -0.4 is 10.6 Å². The standard InChI is InChI=1S/C25H29N3O8S/c1-25(2,3)15-7-4-6-13(10-15)20(31)26-16(23(33)34)8-5-9-17(30)27-18-21(32)28-19(24(35)36)14(11-29)12-37-22(18)28/h4,6-7,10-11,16,18,22H,5,8-9,12H2,1-3H3,(H,26,31)(H,27,30)(H,33,34)(H,35,36)/t16-,18?,22-/m1/s1. The minimum absolute atomic E-state index is 0.00114. The first kappa shape index (κ1) is 27.9. The maximum Gasteiger partial charge on any atom is 0.353 e. The molecule has 198 valence electrons. The molecule has 0 bridgehead atoms. The Morgan fingerprint density at radius 1 is 1.22 bits per heavy atom. The molecule has 37 heavy (non-hydrogen) atoms. The van der Waals surface area contributed by atoms with Crippen molar-refractivity contribution in [2.24, 2.45) is 0 Å². The van der Waals surface area contributed by atoms with Gasteiger partial charge in [0.1, 0.15) is 29.4 Å². The molecule has 2 aliphatic heterocycles. The van der Waals surface area contributed by atoms with Gasteiger partial charge >= 0.3 is 11.9 Å². The largest absolute Gasteiger partial charge is 0.480 e.